The fourth-order valence-corrected chi connectivity index (χ4v) is 4.84. The van der Waals surface area contributed by atoms with Gasteiger partial charge in [0.25, 0.3) is 11.6 Å². The van der Waals surface area contributed by atoms with E-state index in [4.69, 9.17) is 0 Å². The Morgan fingerprint density at radius 2 is 1.50 bits per heavy atom. The van der Waals surface area contributed by atoms with Crippen LogP contribution in [0.2, 0.25) is 0 Å². The first kappa shape index (κ1) is 42.7. The monoisotopic (exact) mass is 704 g/mol. The number of carboxylic acids is 2. The number of carbonyl (C=O) groups is 7. The predicted octanol–water partition coefficient (Wildman–Crippen LogP) is 1.81. The lowest BCUT2D eigenvalue weighted by molar-refractivity contribution is -0.384. The Kier molecular flexibility index (Phi) is 16.2. The second-order valence-electron chi connectivity index (χ2n) is 13.4. The van der Waals surface area contributed by atoms with E-state index in [9.17, 15) is 53.9 Å². The van der Waals surface area contributed by atoms with Crippen LogP contribution >= 0.6 is 0 Å². The van der Waals surface area contributed by atoms with Crippen LogP contribution < -0.4 is 16.0 Å². The highest BCUT2D eigenvalue weighted by Crippen LogP contribution is 2.22. The molecule has 276 valence electrons. The molecule has 2 unspecified atom stereocenters. The number of carboxylic acid groups (broad SMARTS) is 2. The maximum atomic E-state index is 13.9. The number of nitrogens with zero attached hydrogens (tertiary/aromatic N) is 3. The predicted molar refractivity (Wildman–Crippen MR) is 181 cm³/mol. The van der Waals surface area contributed by atoms with Crippen LogP contribution in [0.25, 0.3) is 0 Å². The Morgan fingerprint density at radius 1 is 0.900 bits per heavy atom. The molecule has 0 saturated carbocycles. The highest BCUT2D eigenvalue weighted by Gasteiger charge is 2.37. The fourth-order valence-electron chi connectivity index (χ4n) is 4.84. The number of hydrogen-bond acceptors (Lipinski definition) is 9. The number of nitro groups is 1. The summed E-state index contributed by atoms with van der Waals surface area (Å²) in [6.07, 6.45) is 0.700. The summed E-state index contributed by atoms with van der Waals surface area (Å²) < 4.78 is 0. The first-order chi connectivity index (χ1) is 23.1. The second-order valence-corrected chi connectivity index (χ2v) is 13.4. The van der Waals surface area contributed by atoms with Gasteiger partial charge in [0.2, 0.25) is 23.6 Å². The van der Waals surface area contributed by atoms with Crippen molar-refractivity contribution in [2.75, 3.05) is 32.7 Å². The molecule has 0 saturated heterocycles. The number of carbonyl (C=O) groups excluding carboxylic acids is 5. The molecule has 0 radical (unpaired) electrons. The van der Waals surface area contributed by atoms with E-state index in [1.165, 1.54) is 0 Å². The van der Waals surface area contributed by atoms with Crippen molar-refractivity contribution in [3.63, 3.8) is 0 Å². The number of aromatic carboxylic acids is 1. The minimum Gasteiger partial charge on any atom is -0.480 e. The smallest absolute Gasteiger partial charge is 0.335 e. The zero-order valence-electron chi connectivity index (χ0n) is 29.5. The van der Waals surface area contributed by atoms with Gasteiger partial charge in [-0.1, -0.05) is 53.7 Å². The summed E-state index contributed by atoms with van der Waals surface area (Å²) >= 11 is 0. The third kappa shape index (κ3) is 14.0. The summed E-state index contributed by atoms with van der Waals surface area (Å²) in [6.45, 7) is 14.2. The van der Waals surface area contributed by atoms with Crippen LogP contribution in [0.1, 0.15) is 82.0 Å². The van der Waals surface area contributed by atoms with Gasteiger partial charge in [0.15, 0.2) is 0 Å². The van der Waals surface area contributed by atoms with Crippen molar-refractivity contribution in [3.8, 4) is 0 Å². The molecule has 1 aromatic carbocycles. The van der Waals surface area contributed by atoms with E-state index < -0.39 is 94.8 Å². The number of benzene rings is 1. The van der Waals surface area contributed by atoms with E-state index in [-0.39, 0.29) is 31.0 Å². The van der Waals surface area contributed by atoms with Crippen molar-refractivity contribution in [2.45, 2.75) is 73.4 Å². The Morgan fingerprint density at radius 3 is 1.98 bits per heavy atom. The number of rotatable bonds is 19. The van der Waals surface area contributed by atoms with Crippen LogP contribution in [0, 0.1) is 21.4 Å². The van der Waals surface area contributed by atoms with Crippen LogP contribution in [0.3, 0.4) is 0 Å². The van der Waals surface area contributed by atoms with Crippen molar-refractivity contribution >= 4 is 47.2 Å². The number of non-ortho nitro benzene ring substituents is 1. The quantitative estimate of drug-likeness (QED) is 0.0790. The average molecular weight is 705 g/mol. The molecule has 0 spiro atoms. The van der Waals surface area contributed by atoms with E-state index in [1.54, 1.807) is 34.6 Å². The highest BCUT2D eigenvalue weighted by molar-refractivity contribution is 6.00. The van der Waals surface area contributed by atoms with Crippen molar-refractivity contribution < 1.29 is 48.7 Å². The third-order valence-electron chi connectivity index (χ3n) is 7.04. The molecule has 1 aromatic rings. The van der Waals surface area contributed by atoms with E-state index in [0.717, 1.165) is 28.0 Å². The minimum absolute atomic E-state index is 0.0529. The number of hydrogen-bond donors (Lipinski definition) is 5. The first-order valence-corrected chi connectivity index (χ1v) is 15.9. The molecule has 5 amide bonds. The SMILES string of the molecule is C=C(C)CN(CC(=O)NC(CC(C)C)C(=O)N(CCC)CC(=O)O)C(=O)C(NC(=O)CNC(=O)c1cc(C(=O)O)cc([N+](=O)[O-])c1)C(C)(C)C. The van der Waals surface area contributed by atoms with E-state index >= 15 is 0 Å². The summed E-state index contributed by atoms with van der Waals surface area (Å²) in [5.74, 6) is -6.50. The molecule has 1 rings (SSSR count). The molecule has 0 aliphatic heterocycles. The molecule has 0 aliphatic carbocycles. The normalized spacial score (nSPS) is 12.2. The molecule has 0 heterocycles. The third-order valence-corrected chi connectivity index (χ3v) is 7.04. The van der Waals surface area contributed by atoms with E-state index in [2.05, 4.69) is 22.5 Å². The Hall–Kier alpha value is -5.35. The second kappa shape index (κ2) is 19.0. The lowest BCUT2D eigenvalue weighted by Crippen LogP contribution is -2.58. The van der Waals surface area contributed by atoms with Crippen LogP contribution in [-0.2, 0) is 24.0 Å². The highest BCUT2D eigenvalue weighted by atomic mass is 16.6. The minimum atomic E-state index is -1.50. The van der Waals surface area contributed by atoms with Gasteiger partial charge in [-0.15, -0.1) is 0 Å². The summed E-state index contributed by atoms with van der Waals surface area (Å²) in [4.78, 5) is 102. The van der Waals surface area contributed by atoms with Gasteiger partial charge in [-0.3, -0.25) is 38.9 Å². The van der Waals surface area contributed by atoms with Crippen LogP contribution in [0.15, 0.2) is 30.4 Å². The maximum Gasteiger partial charge on any atom is 0.335 e. The zero-order valence-corrected chi connectivity index (χ0v) is 29.5. The molecule has 50 heavy (non-hydrogen) atoms. The average Bonchev–Trinajstić information content (AvgIpc) is 2.99. The van der Waals surface area contributed by atoms with Gasteiger partial charge < -0.3 is 36.0 Å². The van der Waals surface area contributed by atoms with Gasteiger partial charge in [-0.2, -0.15) is 0 Å². The van der Waals surface area contributed by atoms with Gasteiger partial charge in [0, 0.05) is 30.8 Å². The lowest BCUT2D eigenvalue weighted by atomic mass is 9.85. The summed E-state index contributed by atoms with van der Waals surface area (Å²) in [5, 5.41) is 37.2. The molecule has 0 fully saturated rings. The summed E-state index contributed by atoms with van der Waals surface area (Å²) in [7, 11) is 0. The fraction of sp³-hybridized carbons (Fsp3) is 0.545. The lowest BCUT2D eigenvalue weighted by Gasteiger charge is -2.35. The molecule has 0 aromatic heterocycles. The molecule has 2 atom stereocenters. The van der Waals surface area contributed by atoms with Gasteiger partial charge in [0.05, 0.1) is 23.6 Å². The molecule has 0 aliphatic rings. The number of nitrogens with one attached hydrogen (secondary N) is 3. The van der Waals surface area contributed by atoms with Gasteiger partial charge in [0.1, 0.15) is 18.6 Å². The summed E-state index contributed by atoms with van der Waals surface area (Å²) in [5.41, 5.74) is -1.95. The van der Waals surface area contributed by atoms with Gasteiger partial charge >= 0.3 is 11.9 Å². The molecule has 5 N–H and O–H groups in total. The number of aliphatic carboxylic acids is 1. The standard InChI is InChI=1S/C33H48N6O11/c1-9-10-37(18-27(42)43)30(45)24(11-19(2)3)35-26(41)17-38(16-20(4)5)31(46)28(33(6,7)8)36-25(40)15-34-29(44)21-12-22(32(47)48)14-23(13-21)39(49)50/h12-14,19,24,28H,4,9-11,15-18H2,1-3,5-8H3,(H,34,44)(H,35,41)(H,36,40)(H,42,43)(H,47,48). The molecule has 17 heteroatoms. The number of nitro benzene ring substituents is 1. The van der Waals surface area contributed by atoms with Crippen molar-refractivity contribution in [3.05, 3.63) is 51.6 Å². The van der Waals surface area contributed by atoms with Gasteiger partial charge in [-0.05, 0) is 37.2 Å². The van der Waals surface area contributed by atoms with Gasteiger partial charge in [-0.25, -0.2) is 4.79 Å². The Labute approximate surface area is 290 Å². The van der Waals surface area contributed by atoms with E-state index in [0.29, 0.717) is 12.0 Å². The summed E-state index contributed by atoms with van der Waals surface area (Å²) in [6, 6.07) is 0.255. The molecule has 17 nitrogen and oxygen atoms in total. The van der Waals surface area contributed by atoms with Crippen LogP contribution in [-0.4, -0.2) is 111 Å². The van der Waals surface area contributed by atoms with Crippen LogP contribution in [0.5, 0.6) is 0 Å². The Bertz CT molecular complexity index is 1450. The Balaban J connectivity index is 3.20. The first-order valence-electron chi connectivity index (χ1n) is 15.9. The van der Waals surface area contributed by atoms with Crippen molar-refractivity contribution in [1.82, 2.24) is 25.8 Å². The largest absolute Gasteiger partial charge is 0.480 e. The van der Waals surface area contributed by atoms with Crippen molar-refractivity contribution in [1.29, 1.82) is 0 Å². The van der Waals surface area contributed by atoms with Crippen LogP contribution in [0.4, 0.5) is 5.69 Å². The van der Waals surface area contributed by atoms with E-state index in [1.807, 2.05) is 13.8 Å². The maximum absolute atomic E-state index is 13.9. The number of amides is 5. The molecule has 0 bridgehead atoms. The topological polar surface area (TPSA) is 246 Å². The molecular weight excluding hydrogens is 656 g/mol. The van der Waals surface area contributed by atoms with Crippen molar-refractivity contribution in [2.24, 2.45) is 11.3 Å². The molecular formula is C33H48N6O11. The zero-order chi connectivity index (χ0) is 38.5.